The van der Waals surface area contributed by atoms with E-state index < -0.39 is 0 Å². The molecule has 0 spiro atoms. The van der Waals surface area contributed by atoms with Crippen molar-refractivity contribution in [1.82, 2.24) is 14.1 Å². The average Bonchev–Trinajstić information content (AvgIpc) is 2.97. The quantitative estimate of drug-likeness (QED) is 0.574. The van der Waals surface area contributed by atoms with Gasteiger partial charge in [0.1, 0.15) is 5.69 Å². The number of hydrogen-bond donors (Lipinski definition) is 0. The number of rotatable bonds is 3. The van der Waals surface area contributed by atoms with Crippen LogP contribution < -0.4 is 5.56 Å². The molecule has 4 nitrogen and oxygen atoms in total. The van der Waals surface area contributed by atoms with Gasteiger partial charge in [-0.1, -0.05) is 37.3 Å². The first-order valence-electron chi connectivity index (χ1n) is 8.24. The molecule has 2 aromatic carbocycles. The number of nitrogens with zero attached hydrogens (tertiary/aromatic N) is 3. The Balaban J connectivity index is 2.07. The highest BCUT2D eigenvalue weighted by atomic mass is 16.1. The third-order valence-corrected chi connectivity index (χ3v) is 4.49. The number of benzene rings is 2. The molecular formula is C20H19N3O. The molecule has 0 aliphatic heterocycles. The first-order valence-corrected chi connectivity index (χ1v) is 8.24. The Bertz CT molecular complexity index is 1100. The van der Waals surface area contributed by atoms with Crippen LogP contribution in [0.2, 0.25) is 0 Å². The molecule has 0 radical (unpaired) electrons. The molecule has 0 unspecified atom stereocenters. The van der Waals surface area contributed by atoms with E-state index >= 15 is 0 Å². The van der Waals surface area contributed by atoms with Crippen molar-refractivity contribution in [1.29, 1.82) is 0 Å². The maximum Gasteiger partial charge on any atom is 0.277 e. The molecule has 0 saturated carbocycles. The van der Waals surface area contributed by atoms with Crippen molar-refractivity contribution >= 4 is 21.9 Å². The van der Waals surface area contributed by atoms with Crippen LogP contribution in [0.1, 0.15) is 13.3 Å². The van der Waals surface area contributed by atoms with Crippen LogP contribution in [0.25, 0.3) is 33.2 Å². The highest BCUT2D eigenvalue weighted by molar-refractivity contribution is 5.95. The van der Waals surface area contributed by atoms with Gasteiger partial charge in [0, 0.05) is 36.3 Å². The SMILES string of the molecule is CCCn1cc(-c2nc3ccccc3n(C)c2=O)c2ccccc21. The second-order valence-electron chi connectivity index (χ2n) is 6.07. The molecule has 0 amide bonds. The molecule has 4 aromatic rings. The van der Waals surface area contributed by atoms with E-state index in [1.807, 2.05) is 36.4 Å². The number of hydrogen-bond acceptors (Lipinski definition) is 2. The number of para-hydroxylation sites is 3. The van der Waals surface area contributed by atoms with E-state index in [0.717, 1.165) is 40.5 Å². The van der Waals surface area contributed by atoms with Gasteiger partial charge in [0.15, 0.2) is 0 Å². The molecule has 0 saturated heterocycles. The molecule has 0 fully saturated rings. The smallest absolute Gasteiger partial charge is 0.277 e. The summed E-state index contributed by atoms with van der Waals surface area (Å²) in [5, 5.41) is 1.07. The highest BCUT2D eigenvalue weighted by Gasteiger charge is 2.16. The van der Waals surface area contributed by atoms with Gasteiger partial charge in [0.05, 0.1) is 11.0 Å². The van der Waals surface area contributed by atoms with Crippen molar-refractivity contribution in [2.75, 3.05) is 0 Å². The Hall–Kier alpha value is -2.88. The molecule has 0 N–H and O–H groups in total. The summed E-state index contributed by atoms with van der Waals surface area (Å²) in [6.07, 6.45) is 3.11. The van der Waals surface area contributed by atoms with Crippen LogP contribution in [0.5, 0.6) is 0 Å². The van der Waals surface area contributed by atoms with Gasteiger partial charge < -0.3 is 9.13 Å². The van der Waals surface area contributed by atoms with Crippen LogP contribution in [0.15, 0.2) is 59.5 Å². The van der Waals surface area contributed by atoms with Crippen molar-refractivity contribution < 1.29 is 0 Å². The lowest BCUT2D eigenvalue weighted by molar-refractivity contribution is 0.704. The zero-order chi connectivity index (χ0) is 16.7. The summed E-state index contributed by atoms with van der Waals surface area (Å²) in [4.78, 5) is 17.6. The molecule has 4 rings (SSSR count). The van der Waals surface area contributed by atoms with Crippen molar-refractivity contribution in [3.8, 4) is 11.3 Å². The Morgan fingerprint density at radius 1 is 1.00 bits per heavy atom. The molecular weight excluding hydrogens is 298 g/mol. The van der Waals surface area contributed by atoms with Crippen LogP contribution in [0.3, 0.4) is 0 Å². The Labute approximate surface area is 140 Å². The van der Waals surface area contributed by atoms with E-state index in [0.29, 0.717) is 5.69 Å². The van der Waals surface area contributed by atoms with Crippen molar-refractivity contribution in [3.05, 3.63) is 65.1 Å². The van der Waals surface area contributed by atoms with Gasteiger partial charge in [-0.3, -0.25) is 4.79 Å². The summed E-state index contributed by atoms with van der Waals surface area (Å²) >= 11 is 0. The van der Waals surface area contributed by atoms with E-state index in [2.05, 4.69) is 34.8 Å². The van der Waals surface area contributed by atoms with Gasteiger partial charge in [0.25, 0.3) is 5.56 Å². The predicted molar refractivity (Wildman–Crippen MR) is 98.2 cm³/mol. The zero-order valence-corrected chi connectivity index (χ0v) is 13.9. The van der Waals surface area contributed by atoms with Crippen molar-refractivity contribution in [2.45, 2.75) is 19.9 Å². The van der Waals surface area contributed by atoms with Gasteiger partial charge >= 0.3 is 0 Å². The minimum atomic E-state index is -0.0619. The van der Waals surface area contributed by atoms with Crippen LogP contribution in [-0.2, 0) is 13.6 Å². The Morgan fingerprint density at radius 2 is 1.71 bits per heavy atom. The van der Waals surface area contributed by atoms with Crippen molar-refractivity contribution in [3.63, 3.8) is 0 Å². The number of fused-ring (bicyclic) bond motifs is 2. The molecule has 0 atom stereocenters. The third kappa shape index (κ3) is 2.14. The van der Waals surface area contributed by atoms with E-state index in [1.165, 1.54) is 0 Å². The maximum absolute atomic E-state index is 12.9. The van der Waals surface area contributed by atoms with Crippen LogP contribution >= 0.6 is 0 Å². The lowest BCUT2D eigenvalue weighted by Gasteiger charge is -2.07. The van der Waals surface area contributed by atoms with Gasteiger partial charge in [-0.15, -0.1) is 0 Å². The monoisotopic (exact) mass is 317 g/mol. The molecule has 0 aliphatic rings. The fourth-order valence-electron chi connectivity index (χ4n) is 3.32. The summed E-state index contributed by atoms with van der Waals surface area (Å²) in [6.45, 7) is 3.08. The van der Waals surface area contributed by atoms with Gasteiger partial charge in [-0.05, 0) is 24.6 Å². The topological polar surface area (TPSA) is 39.8 Å². The molecule has 24 heavy (non-hydrogen) atoms. The highest BCUT2D eigenvalue weighted by Crippen LogP contribution is 2.28. The molecule has 0 bridgehead atoms. The fraction of sp³-hybridized carbons (Fsp3) is 0.200. The Kier molecular flexibility index (Phi) is 3.45. The average molecular weight is 317 g/mol. The first-order chi connectivity index (χ1) is 11.7. The molecule has 2 aromatic heterocycles. The minimum absolute atomic E-state index is 0.0619. The molecule has 4 heteroatoms. The summed E-state index contributed by atoms with van der Waals surface area (Å²) in [6, 6.07) is 15.9. The third-order valence-electron chi connectivity index (χ3n) is 4.49. The van der Waals surface area contributed by atoms with Gasteiger partial charge in [0.2, 0.25) is 0 Å². The van der Waals surface area contributed by atoms with Crippen LogP contribution in [0.4, 0.5) is 0 Å². The largest absolute Gasteiger partial charge is 0.347 e. The van der Waals surface area contributed by atoms with Crippen molar-refractivity contribution in [2.24, 2.45) is 7.05 Å². The first kappa shape index (κ1) is 14.7. The standard InChI is InChI=1S/C20H19N3O/c1-3-12-23-13-15(14-8-4-6-10-17(14)23)19-20(24)22(2)18-11-7-5-9-16(18)21-19/h4-11,13H,3,12H2,1-2H3. The summed E-state index contributed by atoms with van der Waals surface area (Å²) < 4.78 is 3.89. The van der Waals surface area contributed by atoms with Crippen LogP contribution in [0, 0.1) is 0 Å². The second-order valence-corrected chi connectivity index (χ2v) is 6.07. The Morgan fingerprint density at radius 3 is 2.50 bits per heavy atom. The van der Waals surface area contributed by atoms with Gasteiger partial charge in [-0.2, -0.15) is 0 Å². The molecule has 120 valence electrons. The second kappa shape index (κ2) is 5.64. The molecule has 0 aliphatic carbocycles. The van der Waals surface area contributed by atoms with E-state index in [1.54, 1.807) is 11.6 Å². The normalized spacial score (nSPS) is 11.4. The lowest BCUT2D eigenvalue weighted by atomic mass is 10.1. The van der Waals surface area contributed by atoms with E-state index in [4.69, 9.17) is 0 Å². The van der Waals surface area contributed by atoms with E-state index in [9.17, 15) is 4.79 Å². The van der Waals surface area contributed by atoms with E-state index in [-0.39, 0.29) is 5.56 Å². The summed E-state index contributed by atoms with van der Waals surface area (Å²) in [5.74, 6) is 0. The summed E-state index contributed by atoms with van der Waals surface area (Å²) in [5.41, 5.74) is 4.19. The predicted octanol–water partition coefficient (Wildman–Crippen LogP) is 3.97. The molecule has 2 heterocycles. The number of aromatic nitrogens is 3. The fourth-order valence-corrected chi connectivity index (χ4v) is 3.32. The van der Waals surface area contributed by atoms with Crippen LogP contribution in [-0.4, -0.2) is 14.1 Å². The maximum atomic E-state index is 12.9. The summed E-state index contributed by atoms with van der Waals surface area (Å²) in [7, 11) is 1.81. The lowest BCUT2D eigenvalue weighted by Crippen LogP contribution is -2.20. The zero-order valence-electron chi connectivity index (χ0n) is 13.9. The minimum Gasteiger partial charge on any atom is -0.347 e. The van der Waals surface area contributed by atoms with Gasteiger partial charge in [-0.25, -0.2) is 4.98 Å². The number of aryl methyl sites for hydroxylation is 2.